The predicted molar refractivity (Wildman–Crippen MR) is 116 cm³/mol. The summed E-state index contributed by atoms with van der Waals surface area (Å²) in [5.74, 6) is -1.65. The fourth-order valence-electron chi connectivity index (χ4n) is 3.14. The van der Waals surface area contributed by atoms with Gasteiger partial charge in [-0.05, 0) is 49.7 Å². The fraction of sp³-hybridized carbons (Fsp3) is 0.227. The van der Waals surface area contributed by atoms with Gasteiger partial charge in [-0.3, -0.25) is 4.79 Å². The van der Waals surface area contributed by atoms with Gasteiger partial charge in [0.05, 0.1) is 19.4 Å². The number of methoxy groups -OCH3 is 1. The van der Waals surface area contributed by atoms with Gasteiger partial charge >= 0.3 is 5.97 Å². The molecule has 2 aromatic rings. The van der Waals surface area contributed by atoms with Crippen LogP contribution in [-0.4, -0.2) is 37.8 Å². The topological polar surface area (TPSA) is 120 Å². The number of anilines is 2. The normalized spacial score (nSPS) is 16.9. The van der Waals surface area contributed by atoms with E-state index in [0.29, 0.717) is 17.1 Å². The Bertz CT molecular complexity index is 1060. The highest BCUT2D eigenvalue weighted by Gasteiger charge is 2.33. The summed E-state index contributed by atoms with van der Waals surface area (Å²) in [4.78, 5) is 31.2. The Morgan fingerprint density at radius 2 is 1.94 bits per heavy atom. The van der Waals surface area contributed by atoms with Gasteiger partial charge < -0.3 is 25.8 Å². The number of esters is 1. The lowest BCUT2D eigenvalue weighted by Gasteiger charge is -2.30. The number of nitrogens with two attached hydrogens (primary N) is 2. The van der Waals surface area contributed by atoms with Crippen molar-refractivity contribution in [3.05, 3.63) is 59.6 Å². The van der Waals surface area contributed by atoms with Crippen LogP contribution in [0.2, 0.25) is 0 Å². The highest BCUT2D eigenvalue weighted by molar-refractivity contribution is 6.51. The van der Waals surface area contributed by atoms with Crippen molar-refractivity contribution in [1.29, 1.82) is 0 Å². The number of rotatable bonds is 5. The van der Waals surface area contributed by atoms with Gasteiger partial charge in [0.25, 0.3) is 5.91 Å². The molecule has 1 heterocycles. The minimum atomic E-state index is -0.755. The Hall–Kier alpha value is -3.88. The van der Waals surface area contributed by atoms with E-state index in [1.807, 2.05) is 0 Å². The average molecular weight is 426 g/mol. The molecule has 1 aliphatic rings. The molecule has 4 N–H and O–H groups in total. The summed E-state index contributed by atoms with van der Waals surface area (Å²) in [6, 6.07) is 10.8. The summed E-state index contributed by atoms with van der Waals surface area (Å²) in [5.41, 5.74) is 12.6. The summed E-state index contributed by atoms with van der Waals surface area (Å²) >= 11 is 0. The molecule has 0 aliphatic carbocycles. The summed E-state index contributed by atoms with van der Waals surface area (Å²) in [5, 5.41) is 0. The van der Waals surface area contributed by atoms with E-state index in [1.54, 1.807) is 31.2 Å². The molecule has 0 spiro atoms. The lowest BCUT2D eigenvalue weighted by atomic mass is 9.97. The average Bonchev–Trinajstić information content (AvgIpc) is 2.76. The maximum atomic E-state index is 14.5. The van der Waals surface area contributed by atoms with Crippen LogP contribution in [0.15, 0.2) is 58.7 Å². The Morgan fingerprint density at radius 1 is 1.23 bits per heavy atom. The van der Waals surface area contributed by atoms with E-state index in [9.17, 15) is 14.0 Å². The van der Waals surface area contributed by atoms with E-state index in [1.165, 1.54) is 24.1 Å². The first-order valence-corrected chi connectivity index (χ1v) is 9.61. The van der Waals surface area contributed by atoms with Gasteiger partial charge in [0.15, 0.2) is 5.82 Å². The van der Waals surface area contributed by atoms with Gasteiger partial charge in [-0.15, -0.1) is 0 Å². The molecule has 0 unspecified atom stereocenters. The predicted octanol–water partition coefficient (Wildman–Crippen LogP) is 2.70. The molecule has 1 saturated heterocycles. The molecule has 0 aromatic heterocycles. The van der Waals surface area contributed by atoms with Gasteiger partial charge in [0.2, 0.25) is 0 Å². The van der Waals surface area contributed by atoms with Crippen molar-refractivity contribution in [3.8, 4) is 5.75 Å². The minimum Gasteiger partial charge on any atom is -0.497 e. The molecule has 9 heteroatoms. The van der Waals surface area contributed by atoms with Crippen molar-refractivity contribution in [2.24, 2.45) is 10.7 Å². The molecule has 0 bridgehead atoms. The Morgan fingerprint density at radius 3 is 2.55 bits per heavy atom. The summed E-state index contributed by atoms with van der Waals surface area (Å²) in [7, 11) is 1.41. The van der Waals surface area contributed by atoms with Crippen LogP contribution in [0.5, 0.6) is 5.75 Å². The number of carbonyl (C=O) groups is 2. The third-order valence-electron chi connectivity index (χ3n) is 4.73. The first-order chi connectivity index (χ1) is 14.8. The van der Waals surface area contributed by atoms with Crippen LogP contribution in [0.4, 0.5) is 21.5 Å². The molecular formula is C22H23FN4O4. The van der Waals surface area contributed by atoms with Crippen LogP contribution < -0.4 is 21.1 Å². The molecule has 31 heavy (non-hydrogen) atoms. The SMILES string of the molecule is CCOC(=O)C(N)=C1CCN(c2ccc(N)cc2)C(=O)C1=Nc1ccc(OC)cc1F. The van der Waals surface area contributed by atoms with E-state index in [0.717, 1.165) is 6.07 Å². The van der Waals surface area contributed by atoms with Crippen molar-refractivity contribution >= 4 is 34.7 Å². The number of amides is 1. The standard InChI is InChI=1S/C22H23FN4O4/c1-3-31-22(29)19(25)16-10-11-27(14-6-4-13(24)5-7-14)21(28)20(16)26-18-9-8-15(30-2)12-17(18)23/h4-9,12H,3,10-11,24-25H2,1-2H3. The lowest BCUT2D eigenvalue weighted by molar-refractivity contribution is -0.138. The van der Waals surface area contributed by atoms with Gasteiger partial charge in [-0.25, -0.2) is 14.2 Å². The lowest BCUT2D eigenvalue weighted by Crippen LogP contribution is -2.44. The largest absolute Gasteiger partial charge is 0.497 e. The van der Waals surface area contributed by atoms with Gasteiger partial charge in [0.1, 0.15) is 17.2 Å². The second-order valence-corrected chi connectivity index (χ2v) is 6.69. The molecule has 2 aromatic carbocycles. The molecule has 0 atom stereocenters. The van der Waals surface area contributed by atoms with Crippen LogP contribution in [0, 0.1) is 5.82 Å². The number of hydrogen-bond acceptors (Lipinski definition) is 7. The molecule has 1 amide bonds. The molecule has 1 aliphatic heterocycles. The zero-order valence-corrected chi connectivity index (χ0v) is 17.2. The maximum Gasteiger partial charge on any atom is 0.354 e. The number of piperidine rings is 1. The summed E-state index contributed by atoms with van der Waals surface area (Å²) in [6.45, 7) is 2.02. The Balaban J connectivity index is 2.10. The molecule has 0 radical (unpaired) electrons. The minimum absolute atomic E-state index is 0.0857. The first kappa shape index (κ1) is 21.8. The van der Waals surface area contributed by atoms with Gasteiger partial charge in [-0.2, -0.15) is 0 Å². The second-order valence-electron chi connectivity index (χ2n) is 6.69. The number of hydrogen-bond donors (Lipinski definition) is 2. The smallest absolute Gasteiger partial charge is 0.354 e. The molecule has 162 valence electrons. The number of nitrogen functional groups attached to an aromatic ring is 1. The monoisotopic (exact) mass is 426 g/mol. The second kappa shape index (κ2) is 9.29. The summed E-state index contributed by atoms with van der Waals surface area (Å²) in [6.07, 6.45) is 0.234. The van der Waals surface area contributed by atoms with Crippen molar-refractivity contribution in [2.75, 3.05) is 30.9 Å². The van der Waals surface area contributed by atoms with Crippen molar-refractivity contribution in [1.82, 2.24) is 0 Å². The van der Waals surface area contributed by atoms with Gasteiger partial charge in [0, 0.05) is 29.6 Å². The number of halogens is 1. The molecule has 3 rings (SSSR count). The van der Waals surface area contributed by atoms with E-state index in [4.69, 9.17) is 20.9 Å². The van der Waals surface area contributed by atoms with E-state index >= 15 is 0 Å². The number of carbonyl (C=O) groups excluding carboxylic acids is 2. The van der Waals surface area contributed by atoms with E-state index < -0.39 is 17.7 Å². The summed E-state index contributed by atoms with van der Waals surface area (Å²) < 4.78 is 24.5. The third-order valence-corrected chi connectivity index (χ3v) is 4.73. The number of nitrogens with zero attached hydrogens (tertiary/aromatic N) is 2. The van der Waals surface area contributed by atoms with Crippen molar-refractivity contribution in [2.45, 2.75) is 13.3 Å². The first-order valence-electron chi connectivity index (χ1n) is 9.61. The fourth-order valence-corrected chi connectivity index (χ4v) is 3.14. The Labute approximate surface area is 178 Å². The molecule has 8 nitrogen and oxygen atoms in total. The highest BCUT2D eigenvalue weighted by atomic mass is 19.1. The quantitative estimate of drug-likeness (QED) is 0.431. The zero-order valence-electron chi connectivity index (χ0n) is 17.2. The van der Waals surface area contributed by atoms with Gasteiger partial charge in [-0.1, -0.05) is 0 Å². The third kappa shape index (κ3) is 4.66. The van der Waals surface area contributed by atoms with Crippen LogP contribution in [-0.2, 0) is 14.3 Å². The van der Waals surface area contributed by atoms with Crippen LogP contribution in [0.25, 0.3) is 0 Å². The van der Waals surface area contributed by atoms with Crippen LogP contribution in [0.3, 0.4) is 0 Å². The number of aliphatic imine (C=N–C) groups is 1. The van der Waals surface area contributed by atoms with Crippen molar-refractivity contribution in [3.63, 3.8) is 0 Å². The number of benzene rings is 2. The van der Waals surface area contributed by atoms with Crippen molar-refractivity contribution < 1.29 is 23.5 Å². The highest BCUT2D eigenvalue weighted by Crippen LogP contribution is 2.29. The Kier molecular flexibility index (Phi) is 6.54. The van der Waals surface area contributed by atoms with Crippen LogP contribution in [0.1, 0.15) is 13.3 Å². The van der Waals surface area contributed by atoms with Crippen LogP contribution >= 0.6 is 0 Å². The maximum absolute atomic E-state index is 14.5. The molecule has 1 fully saturated rings. The molecule has 0 saturated carbocycles. The molecular weight excluding hydrogens is 403 g/mol. The zero-order chi connectivity index (χ0) is 22.5. The van der Waals surface area contributed by atoms with E-state index in [-0.39, 0.29) is 42.2 Å². The van der Waals surface area contributed by atoms with E-state index in [2.05, 4.69) is 4.99 Å². The number of ether oxygens (including phenoxy) is 2.